The molecule has 0 aliphatic heterocycles. The predicted octanol–water partition coefficient (Wildman–Crippen LogP) is 2.56. The van der Waals surface area contributed by atoms with Gasteiger partial charge in [0.2, 0.25) is 0 Å². The van der Waals surface area contributed by atoms with Gasteiger partial charge in [-0.15, -0.1) is 12.3 Å². The summed E-state index contributed by atoms with van der Waals surface area (Å²) in [7, 11) is 0. The number of aryl methyl sites for hydroxylation is 2. The maximum absolute atomic E-state index is 11.9. The van der Waals surface area contributed by atoms with E-state index in [0.717, 1.165) is 25.0 Å². The Hall–Kier alpha value is -1.76. The Morgan fingerprint density at radius 2 is 2.33 bits per heavy atom. The summed E-state index contributed by atoms with van der Waals surface area (Å²) in [4.78, 5) is 11.9. The first kappa shape index (κ1) is 14.3. The molecule has 4 nitrogen and oxygen atoms in total. The van der Waals surface area contributed by atoms with Crippen molar-refractivity contribution in [2.45, 2.75) is 46.1 Å². The zero-order valence-corrected chi connectivity index (χ0v) is 11.1. The Bertz CT molecular complexity index is 429. The summed E-state index contributed by atoms with van der Waals surface area (Å²) in [6.45, 7) is 5.03. The molecule has 0 bridgehead atoms. The summed E-state index contributed by atoms with van der Waals surface area (Å²) in [6, 6.07) is 1.75. The highest BCUT2D eigenvalue weighted by atomic mass is 16.5. The van der Waals surface area contributed by atoms with Crippen molar-refractivity contribution in [3.8, 4) is 12.3 Å². The van der Waals surface area contributed by atoms with Gasteiger partial charge in [0.25, 0.3) is 0 Å². The zero-order chi connectivity index (χ0) is 13.4. The van der Waals surface area contributed by atoms with Gasteiger partial charge in [0.05, 0.1) is 12.3 Å². The number of ether oxygens (including phenoxy) is 1. The Morgan fingerprint density at radius 3 is 3.00 bits per heavy atom. The molecule has 0 aliphatic rings. The number of hydrogen-bond acceptors (Lipinski definition) is 3. The van der Waals surface area contributed by atoms with Crippen LogP contribution in [-0.4, -0.2) is 22.4 Å². The van der Waals surface area contributed by atoms with E-state index in [2.05, 4.69) is 17.9 Å². The lowest BCUT2D eigenvalue weighted by Gasteiger charge is -2.06. The van der Waals surface area contributed by atoms with Crippen LogP contribution in [0.2, 0.25) is 0 Å². The standard InChI is InChI=1S/C14H20N2O2/c1-4-6-8-9-16-13(11-12(3)15-16)14(17)18-10-7-5-2/h1,11H,5-10H2,2-3H3. The van der Waals surface area contributed by atoms with E-state index in [4.69, 9.17) is 11.2 Å². The molecule has 0 fully saturated rings. The topological polar surface area (TPSA) is 44.1 Å². The second-order valence-electron chi connectivity index (χ2n) is 4.19. The fourth-order valence-electron chi connectivity index (χ4n) is 1.59. The molecule has 0 saturated carbocycles. The SMILES string of the molecule is C#CCCCn1nc(C)cc1C(=O)OCCCC. The molecule has 0 spiro atoms. The zero-order valence-electron chi connectivity index (χ0n) is 11.1. The first-order valence-electron chi connectivity index (χ1n) is 6.34. The molecule has 0 aromatic carbocycles. The third-order valence-electron chi connectivity index (χ3n) is 2.53. The fraction of sp³-hybridized carbons (Fsp3) is 0.571. The minimum atomic E-state index is -0.301. The average molecular weight is 248 g/mol. The Labute approximate surface area is 108 Å². The van der Waals surface area contributed by atoms with E-state index in [1.165, 1.54) is 0 Å². The number of unbranched alkanes of at least 4 members (excludes halogenated alkanes) is 2. The molecule has 1 rings (SSSR count). The van der Waals surface area contributed by atoms with Crippen LogP contribution >= 0.6 is 0 Å². The highest BCUT2D eigenvalue weighted by Crippen LogP contribution is 2.08. The largest absolute Gasteiger partial charge is 0.461 e. The van der Waals surface area contributed by atoms with Crippen molar-refractivity contribution in [1.29, 1.82) is 0 Å². The lowest BCUT2D eigenvalue weighted by Crippen LogP contribution is -2.14. The van der Waals surface area contributed by atoms with Crippen molar-refractivity contribution in [3.63, 3.8) is 0 Å². The minimum absolute atomic E-state index is 0.301. The summed E-state index contributed by atoms with van der Waals surface area (Å²) in [5.41, 5.74) is 1.33. The summed E-state index contributed by atoms with van der Waals surface area (Å²) in [5.74, 6) is 2.28. The van der Waals surface area contributed by atoms with Crippen molar-refractivity contribution in [3.05, 3.63) is 17.5 Å². The first-order chi connectivity index (χ1) is 8.69. The van der Waals surface area contributed by atoms with E-state index in [-0.39, 0.29) is 5.97 Å². The highest BCUT2D eigenvalue weighted by molar-refractivity contribution is 5.87. The fourth-order valence-corrected chi connectivity index (χ4v) is 1.59. The van der Waals surface area contributed by atoms with Gasteiger partial charge >= 0.3 is 5.97 Å². The van der Waals surface area contributed by atoms with E-state index in [1.807, 2.05) is 6.92 Å². The van der Waals surface area contributed by atoms with Crippen LogP contribution in [0.3, 0.4) is 0 Å². The number of hydrogen-bond donors (Lipinski definition) is 0. The third-order valence-corrected chi connectivity index (χ3v) is 2.53. The minimum Gasteiger partial charge on any atom is -0.461 e. The van der Waals surface area contributed by atoms with Crippen molar-refractivity contribution >= 4 is 5.97 Å². The number of nitrogens with zero attached hydrogens (tertiary/aromatic N) is 2. The molecule has 1 aromatic rings. The molecule has 4 heteroatoms. The van der Waals surface area contributed by atoms with Crippen molar-refractivity contribution in [2.24, 2.45) is 0 Å². The molecule has 0 N–H and O–H groups in total. The quantitative estimate of drug-likeness (QED) is 0.423. The van der Waals surface area contributed by atoms with Gasteiger partial charge in [-0.05, 0) is 25.8 Å². The van der Waals surface area contributed by atoms with Crippen LogP contribution in [-0.2, 0) is 11.3 Å². The van der Waals surface area contributed by atoms with Crippen LogP contribution in [0.25, 0.3) is 0 Å². The molecule has 0 unspecified atom stereocenters. The van der Waals surface area contributed by atoms with Gasteiger partial charge in [-0.25, -0.2) is 4.79 Å². The smallest absolute Gasteiger partial charge is 0.356 e. The second-order valence-corrected chi connectivity index (χ2v) is 4.19. The summed E-state index contributed by atoms with van der Waals surface area (Å²) in [5, 5.41) is 4.28. The highest BCUT2D eigenvalue weighted by Gasteiger charge is 2.14. The second kappa shape index (κ2) is 7.54. The predicted molar refractivity (Wildman–Crippen MR) is 70.2 cm³/mol. The third kappa shape index (κ3) is 4.25. The molecule has 0 saturated heterocycles. The van der Waals surface area contributed by atoms with E-state index < -0.39 is 0 Å². The van der Waals surface area contributed by atoms with E-state index in [9.17, 15) is 4.79 Å². The molecular formula is C14H20N2O2. The summed E-state index contributed by atoms with van der Waals surface area (Å²) < 4.78 is 6.87. The van der Waals surface area contributed by atoms with Gasteiger partial charge in [0, 0.05) is 13.0 Å². The lowest BCUT2D eigenvalue weighted by molar-refractivity contribution is 0.0485. The normalized spacial score (nSPS) is 10.1. The number of rotatable bonds is 7. The Morgan fingerprint density at radius 1 is 1.56 bits per heavy atom. The first-order valence-corrected chi connectivity index (χ1v) is 6.34. The molecule has 1 heterocycles. The van der Waals surface area contributed by atoms with Gasteiger partial charge in [-0.2, -0.15) is 5.10 Å². The number of carbonyl (C=O) groups is 1. The van der Waals surface area contributed by atoms with Crippen molar-refractivity contribution in [2.75, 3.05) is 6.61 Å². The molecule has 0 radical (unpaired) electrons. The van der Waals surface area contributed by atoms with Crippen LogP contribution in [0, 0.1) is 19.3 Å². The Kier molecular flexibility index (Phi) is 5.99. The molecule has 0 aliphatic carbocycles. The van der Waals surface area contributed by atoms with Crippen LogP contribution in [0.15, 0.2) is 6.07 Å². The molecule has 0 amide bonds. The molecule has 98 valence electrons. The Balaban J connectivity index is 2.63. The van der Waals surface area contributed by atoms with Crippen molar-refractivity contribution in [1.82, 2.24) is 9.78 Å². The average Bonchev–Trinajstić information content (AvgIpc) is 2.71. The number of terminal acetylenes is 1. The monoisotopic (exact) mass is 248 g/mol. The van der Waals surface area contributed by atoms with Crippen LogP contribution in [0.4, 0.5) is 0 Å². The summed E-state index contributed by atoms with van der Waals surface area (Å²) in [6.07, 6.45) is 8.59. The molecule has 18 heavy (non-hydrogen) atoms. The number of esters is 1. The molecular weight excluding hydrogens is 228 g/mol. The van der Waals surface area contributed by atoms with E-state index in [1.54, 1.807) is 10.7 Å². The van der Waals surface area contributed by atoms with Gasteiger partial charge < -0.3 is 4.74 Å². The van der Waals surface area contributed by atoms with Gasteiger partial charge in [0.1, 0.15) is 5.69 Å². The maximum Gasteiger partial charge on any atom is 0.356 e. The van der Waals surface area contributed by atoms with Crippen LogP contribution in [0.1, 0.15) is 48.8 Å². The summed E-state index contributed by atoms with van der Waals surface area (Å²) >= 11 is 0. The van der Waals surface area contributed by atoms with Gasteiger partial charge in [-0.3, -0.25) is 4.68 Å². The van der Waals surface area contributed by atoms with Crippen LogP contribution < -0.4 is 0 Å². The van der Waals surface area contributed by atoms with Crippen molar-refractivity contribution < 1.29 is 9.53 Å². The molecule has 0 atom stereocenters. The van der Waals surface area contributed by atoms with Crippen LogP contribution in [0.5, 0.6) is 0 Å². The van der Waals surface area contributed by atoms with Gasteiger partial charge in [0.15, 0.2) is 0 Å². The molecule has 1 aromatic heterocycles. The van der Waals surface area contributed by atoms with Gasteiger partial charge in [-0.1, -0.05) is 13.3 Å². The maximum atomic E-state index is 11.9. The van der Waals surface area contributed by atoms with E-state index >= 15 is 0 Å². The number of aromatic nitrogens is 2. The lowest BCUT2D eigenvalue weighted by atomic mass is 10.3. The number of carbonyl (C=O) groups excluding carboxylic acids is 1. The van der Waals surface area contributed by atoms with E-state index in [0.29, 0.717) is 25.3 Å².